The Hall–Kier alpha value is -3.85. The van der Waals surface area contributed by atoms with Gasteiger partial charge in [-0.2, -0.15) is 0 Å². The summed E-state index contributed by atoms with van der Waals surface area (Å²) in [6.07, 6.45) is 4.75. The summed E-state index contributed by atoms with van der Waals surface area (Å²) in [5, 5.41) is 9.65. The second-order valence-electron chi connectivity index (χ2n) is 12.5. The molecule has 1 aliphatic carbocycles. The van der Waals surface area contributed by atoms with Crippen LogP contribution in [0.5, 0.6) is 5.75 Å². The summed E-state index contributed by atoms with van der Waals surface area (Å²) >= 11 is 0. The van der Waals surface area contributed by atoms with Crippen molar-refractivity contribution in [3.8, 4) is 16.9 Å². The van der Waals surface area contributed by atoms with Crippen molar-refractivity contribution in [3.05, 3.63) is 81.7 Å². The van der Waals surface area contributed by atoms with Gasteiger partial charge in [-0.05, 0) is 93.3 Å². The molecule has 7 nitrogen and oxygen atoms in total. The van der Waals surface area contributed by atoms with E-state index in [0.29, 0.717) is 60.1 Å². The van der Waals surface area contributed by atoms with Crippen molar-refractivity contribution in [1.29, 1.82) is 0 Å². The number of aryl methyl sites for hydroxylation is 1. The van der Waals surface area contributed by atoms with Crippen LogP contribution in [0.4, 0.5) is 8.78 Å². The van der Waals surface area contributed by atoms with Crippen molar-refractivity contribution in [1.82, 2.24) is 14.8 Å². The first kappa shape index (κ1) is 30.2. The number of hydrogen-bond acceptors (Lipinski definition) is 5. The Morgan fingerprint density at radius 1 is 1.02 bits per heavy atom. The van der Waals surface area contributed by atoms with Gasteiger partial charge in [-0.15, -0.1) is 0 Å². The summed E-state index contributed by atoms with van der Waals surface area (Å²) in [7, 11) is 0. The molecule has 6 rings (SSSR count). The van der Waals surface area contributed by atoms with Crippen molar-refractivity contribution in [2.45, 2.75) is 83.9 Å². The topological polar surface area (TPSA) is 83.0 Å². The first-order valence-corrected chi connectivity index (χ1v) is 15.7. The van der Waals surface area contributed by atoms with Crippen molar-refractivity contribution in [3.63, 3.8) is 0 Å². The Morgan fingerprint density at radius 3 is 2.41 bits per heavy atom. The van der Waals surface area contributed by atoms with Gasteiger partial charge in [0.15, 0.2) is 0 Å². The third-order valence-corrected chi connectivity index (χ3v) is 9.05. The number of rotatable bonds is 9. The number of carboxylic acid groups (broad SMARTS) is 1. The van der Waals surface area contributed by atoms with Gasteiger partial charge in [0, 0.05) is 55.8 Å². The molecule has 1 aromatic heterocycles. The van der Waals surface area contributed by atoms with Crippen molar-refractivity contribution < 1.29 is 28.2 Å². The number of piperidine rings is 1. The fraction of sp³-hybridized carbons (Fsp3) is 0.457. The van der Waals surface area contributed by atoms with Gasteiger partial charge in [0.2, 0.25) is 0 Å². The van der Waals surface area contributed by atoms with Gasteiger partial charge in [-0.1, -0.05) is 6.92 Å². The van der Waals surface area contributed by atoms with Gasteiger partial charge in [-0.3, -0.25) is 14.7 Å². The van der Waals surface area contributed by atoms with Crippen LogP contribution in [0.15, 0.2) is 36.4 Å². The van der Waals surface area contributed by atoms with Gasteiger partial charge >= 0.3 is 5.97 Å². The minimum Gasteiger partial charge on any atom is -0.491 e. The number of carboxylic acids is 1. The minimum absolute atomic E-state index is 0.0725. The molecule has 9 heteroatoms. The largest absolute Gasteiger partial charge is 0.491 e. The molecule has 3 aromatic rings. The number of fused-ring (bicyclic) bond motifs is 1. The standard InChI is InChI=1S/C35H39F2N3O4/c1-4-31-29(35(42)43)17-28-32(38-31)11-14-40(34(28)41)24-9-12-39(13-10-24)19-22-15-26(21-5-6-21)27(18-33(22)44-20(2)3)25-8-7-23(36)16-30(25)37/h7-8,15-18,20-21,24H,4-6,9-14,19H2,1-3H3,(H,42,43). The van der Waals surface area contributed by atoms with Gasteiger partial charge in [0.1, 0.15) is 17.4 Å². The van der Waals surface area contributed by atoms with Crippen molar-refractivity contribution in [2.75, 3.05) is 19.6 Å². The molecule has 2 aliphatic heterocycles. The van der Waals surface area contributed by atoms with E-state index in [1.165, 1.54) is 18.2 Å². The molecule has 0 atom stereocenters. The van der Waals surface area contributed by atoms with E-state index in [2.05, 4.69) is 16.0 Å². The van der Waals surface area contributed by atoms with Crippen LogP contribution in [0.25, 0.3) is 11.1 Å². The number of hydrogen-bond donors (Lipinski definition) is 1. The smallest absolute Gasteiger partial charge is 0.337 e. The molecule has 0 bridgehead atoms. The number of halogens is 2. The van der Waals surface area contributed by atoms with E-state index in [0.717, 1.165) is 61.5 Å². The maximum atomic E-state index is 14.9. The number of nitrogens with zero attached hydrogens (tertiary/aromatic N) is 3. The van der Waals surface area contributed by atoms with E-state index in [1.807, 2.05) is 31.7 Å². The number of amides is 1. The monoisotopic (exact) mass is 603 g/mol. The Balaban J connectivity index is 1.19. The maximum Gasteiger partial charge on any atom is 0.337 e. The third-order valence-electron chi connectivity index (χ3n) is 9.05. The number of likely N-dealkylation sites (tertiary alicyclic amines) is 1. The highest BCUT2D eigenvalue weighted by atomic mass is 19.1. The fourth-order valence-electron chi connectivity index (χ4n) is 6.69. The van der Waals surface area contributed by atoms with Crippen LogP contribution in [-0.2, 0) is 19.4 Å². The fourth-order valence-corrected chi connectivity index (χ4v) is 6.69. The molecule has 3 heterocycles. The third kappa shape index (κ3) is 6.07. The van der Waals surface area contributed by atoms with E-state index in [4.69, 9.17) is 4.74 Å². The number of benzene rings is 2. The number of ether oxygens (including phenoxy) is 1. The summed E-state index contributed by atoms with van der Waals surface area (Å²) in [5.74, 6) is -1.30. The first-order valence-electron chi connectivity index (χ1n) is 15.7. The average Bonchev–Trinajstić information content (AvgIpc) is 3.83. The molecular weight excluding hydrogens is 564 g/mol. The lowest BCUT2D eigenvalue weighted by Gasteiger charge is -2.40. The Labute approximate surface area is 256 Å². The van der Waals surface area contributed by atoms with Crippen LogP contribution in [0, 0.1) is 11.6 Å². The Kier molecular flexibility index (Phi) is 8.42. The average molecular weight is 604 g/mol. The van der Waals surface area contributed by atoms with Crippen LogP contribution < -0.4 is 4.74 Å². The predicted octanol–water partition coefficient (Wildman–Crippen LogP) is 6.61. The zero-order chi connectivity index (χ0) is 31.1. The van der Waals surface area contributed by atoms with Crippen molar-refractivity contribution in [2.24, 2.45) is 0 Å². The lowest BCUT2D eigenvalue weighted by atomic mass is 9.92. The number of pyridine rings is 1. The quantitative estimate of drug-likeness (QED) is 0.296. The van der Waals surface area contributed by atoms with Gasteiger partial charge in [-0.25, -0.2) is 13.6 Å². The highest BCUT2D eigenvalue weighted by molar-refractivity contribution is 5.99. The zero-order valence-electron chi connectivity index (χ0n) is 25.5. The second-order valence-corrected chi connectivity index (χ2v) is 12.5. The number of carbonyl (C=O) groups is 2. The van der Waals surface area contributed by atoms with Crippen molar-refractivity contribution >= 4 is 11.9 Å². The summed E-state index contributed by atoms with van der Waals surface area (Å²) < 4.78 is 34.9. The van der Waals surface area contributed by atoms with Gasteiger partial charge in [0.25, 0.3) is 5.91 Å². The summed E-state index contributed by atoms with van der Waals surface area (Å²) in [6.45, 7) is 8.64. The molecule has 0 unspecified atom stereocenters. The van der Waals surface area contributed by atoms with Gasteiger partial charge in [0.05, 0.1) is 28.6 Å². The molecule has 232 valence electrons. The number of aromatic nitrogens is 1. The summed E-state index contributed by atoms with van der Waals surface area (Å²) in [6, 6.07) is 9.42. The van der Waals surface area contributed by atoms with Crippen LogP contribution in [-0.4, -0.2) is 63.5 Å². The SMILES string of the molecule is CCc1nc2c(cc1C(=O)O)C(=O)N(C1CCN(Cc3cc(C4CC4)c(-c4ccc(F)cc4F)cc3OC(C)C)CC1)CC2. The molecule has 2 fully saturated rings. The Bertz CT molecular complexity index is 1600. The minimum atomic E-state index is -1.06. The molecule has 1 saturated heterocycles. The van der Waals surface area contributed by atoms with Gasteiger partial charge < -0.3 is 14.7 Å². The Morgan fingerprint density at radius 2 is 1.77 bits per heavy atom. The number of aromatic carboxylic acids is 1. The summed E-state index contributed by atoms with van der Waals surface area (Å²) in [5.41, 5.74) is 5.01. The van der Waals surface area contributed by atoms with Crippen LogP contribution in [0.1, 0.15) is 95.6 Å². The van der Waals surface area contributed by atoms with Crippen LogP contribution in [0.2, 0.25) is 0 Å². The van der Waals surface area contributed by atoms with E-state index in [1.54, 1.807) is 0 Å². The van der Waals surface area contributed by atoms with E-state index in [-0.39, 0.29) is 23.6 Å². The number of carbonyl (C=O) groups excluding carboxylic acids is 1. The molecule has 3 aliphatic rings. The first-order chi connectivity index (χ1) is 21.1. The maximum absolute atomic E-state index is 14.9. The molecular formula is C35H39F2N3O4. The van der Waals surface area contributed by atoms with E-state index >= 15 is 0 Å². The lowest BCUT2D eigenvalue weighted by molar-refractivity contribution is 0.0542. The molecule has 1 saturated carbocycles. The van der Waals surface area contributed by atoms with E-state index < -0.39 is 17.6 Å². The molecule has 44 heavy (non-hydrogen) atoms. The summed E-state index contributed by atoms with van der Waals surface area (Å²) in [4.78, 5) is 34.1. The molecule has 1 amide bonds. The molecule has 1 N–H and O–H groups in total. The molecule has 2 aromatic carbocycles. The highest BCUT2D eigenvalue weighted by Gasteiger charge is 2.35. The second kappa shape index (κ2) is 12.3. The zero-order valence-corrected chi connectivity index (χ0v) is 25.5. The van der Waals surface area contributed by atoms with E-state index in [9.17, 15) is 23.5 Å². The normalized spacial score (nSPS) is 17.7. The molecule has 0 spiro atoms. The highest BCUT2D eigenvalue weighted by Crippen LogP contribution is 2.47. The predicted molar refractivity (Wildman–Crippen MR) is 163 cm³/mol. The van der Waals surface area contributed by atoms with Crippen LogP contribution >= 0.6 is 0 Å². The lowest BCUT2D eigenvalue weighted by Crippen LogP contribution is -2.50. The van der Waals surface area contributed by atoms with Crippen LogP contribution in [0.3, 0.4) is 0 Å². The molecule has 0 radical (unpaired) electrons.